The zero-order valence-electron chi connectivity index (χ0n) is 12.1. The molecule has 1 saturated heterocycles. The molecule has 5 heteroatoms. The van der Waals surface area contributed by atoms with Crippen LogP contribution in [0.2, 0.25) is 0 Å². The highest BCUT2D eigenvalue weighted by atomic mass is 79.9. The Kier molecular flexibility index (Phi) is 6.23. The van der Waals surface area contributed by atoms with E-state index >= 15 is 0 Å². The molecule has 1 aromatic rings. The van der Waals surface area contributed by atoms with Crippen molar-refractivity contribution in [3.05, 3.63) is 34.3 Å². The predicted octanol–water partition coefficient (Wildman–Crippen LogP) is 2.51. The van der Waals surface area contributed by atoms with Crippen molar-refractivity contribution in [2.45, 2.75) is 32.1 Å². The summed E-state index contributed by atoms with van der Waals surface area (Å²) in [5.74, 6) is -0.0873. The molecule has 1 fully saturated rings. The molecule has 0 radical (unpaired) electrons. The van der Waals surface area contributed by atoms with Crippen LogP contribution in [0.3, 0.4) is 0 Å². The molecule has 0 aliphatic carbocycles. The molecular weight excluding hydrogens is 332 g/mol. The number of nitrogens with zero attached hydrogens (tertiary/aromatic N) is 1. The van der Waals surface area contributed by atoms with E-state index in [4.69, 9.17) is 0 Å². The van der Waals surface area contributed by atoms with Crippen LogP contribution in [0.4, 0.5) is 0 Å². The van der Waals surface area contributed by atoms with Gasteiger partial charge in [0.2, 0.25) is 11.8 Å². The highest BCUT2D eigenvalue weighted by Crippen LogP contribution is 2.12. The van der Waals surface area contributed by atoms with Gasteiger partial charge in [-0.05, 0) is 30.5 Å². The molecule has 2 amide bonds. The third kappa shape index (κ3) is 5.50. The summed E-state index contributed by atoms with van der Waals surface area (Å²) in [5, 5.41) is 2.72. The molecular formula is C16H21BrN2O2. The van der Waals surface area contributed by atoms with Gasteiger partial charge in [-0.25, -0.2) is 0 Å². The van der Waals surface area contributed by atoms with Gasteiger partial charge in [-0.2, -0.15) is 0 Å². The summed E-state index contributed by atoms with van der Waals surface area (Å²) < 4.78 is 0.952. The summed E-state index contributed by atoms with van der Waals surface area (Å²) in [5.41, 5.74) is 0.934. The molecule has 4 nitrogen and oxygen atoms in total. The number of carbonyl (C=O) groups excluding carboxylic acids is 2. The van der Waals surface area contributed by atoms with Gasteiger partial charge in [0.1, 0.15) is 0 Å². The summed E-state index contributed by atoms with van der Waals surface area (Å²) in [7, 11) is 0. The number of amides is 2. The lowest BCUT2D eigenvalue weighted by Gasteiger charge is -2.20. The smallest absolute Gasteiger partial charge is 0.241 e. The van der Waals surface area contributed by atoms with E-state index in [0.29, 0.717) is 6.42 Å². The first-order chi connectivity index (χ1) is 10.1. The number of hydrogen-bond donors (Lipinski definition) is 1. The fourth-order valence-corrected chi connectivity index (χ4v) is 2.95. The summed E-state index contributed by atoms with van der Waals surface area (Å²) in [6.45, 7) is 1.74. The molecule has 1 aliphatic rings. The zero-order valence-corrected chi connectivity index (χ0v) is 13.7. The molecule has 0 bridgehead atoms. The minimum atomic E-state index is -0.115. The standard InChI is InChI=1S/C16H21BrN2O2/c17-14-7-5-6-13(10-14)11-15(20)18-12-16(21)19-8-3-1-2-4-9-19/h5-7,10H,1-4,8-9,11-12H2,(H,18,20). The van der Waals surface area contributed by atoms with E-state index in [1.807, 2.05) is 29.2 Å². The van der Waals surface area contributed by atoms with Crippen molar-refractivity contribution in [3.8, 4) is 0 Å². The quantitative estimate of drug-likeness (QED) is 0.904. The lowest BCUT2D eigenvalue weighted by Crippen LogP contribution is -2.41. The third-order valence-corrected chi connectivity index (χ3v) is 4.14. The van der Waals surface area contributed by atoms with E-state index in [1.165, 1.54) is 12.8 Å². The summed E-state index contributed by atoms with van der Waals surface area (Å²) >= 11 is 3.38. The molecule has 1 N–H and O–H groups in total. The average Bonchev–Trinajstić information content (AvgIpc) is 2.74. The Morgan fingerprint density at radius 1 is 1.14 bits per heavy atom. The lowest BCUT2D eigenvalue weighted by molar-refractivity contribution is -0.132. The maximum atomic E-state index is 12.1. The number of nitrogens with one attached hydrogen (secondary N) is 1. The van der Waals surface area contributed by atoms with E-state index < -0.39 is 0 Å². The summed E-state index contributed by atoms with van der Waals surface area (Å²) in [6.07, 6.45) is 4.82. The van der Waals surface area contributed by atoms with Gasteiger partial charge in [0.25, 0.3) is 0 Å². The number of halogens is 1. The minimum Gasteiger partial charge on any atom is -0.347 e. The number of rotatable bonds is 4. The Morgan fingerprint density at radius 3 is 2.52 bits per heavy atom. The van der Waals surface area contributed by atoms with E-state index in [1.54, 1.807) is 0 Å². The van der Waals surface area contributed by atoms with Crippen LogP contribution < -0.4 is 5.32 Å². The highest BCUT2D eigenvalue weighted by Gasteiger charge is 2.16. The Labute approximate surface area is 134 Å². The van der Waals surface area contributed by atoms with Gasteiger partial charge >= 0.3 is 0 Å². The van der Waals surface area contributed by atoms with Crippen molar-refractivity contribution in [1.29, 1.82) is 0 Å². The van der Waals surface area contributed by atoms with Crippen molar-refractivity contribution in [1.82, 2.24) is 10.2 Å². The normalized spacial score (nSPS) is 15.4. The van der Waals surface area contributed by atoms with Crippen LogP contribution in [0.5, 0.6) is 0 Å². The largest absolute Gasteiger partial charge is 0.347 e. The van der Waals surface area contributed by atoms with Crippen LogP contribution in [0.1, 0.15) is 31.2 Å². The minimum absolute atomic E-state index is 0.0273. The fraction of sp³-hybridized carbons (Fsp3) is 0.500. The SMILES string of the molecule is O=C(Cc1cccc(Br)c1)NCC(=O)N1CCCCCC1. The van der Waals surface area contributed by atoms with Crippen LogP contribution in [-0.4, -0.2) is 36.3 Å². The van der Waals surface area contributed by atoms with Gasteiger partial charge in [-0.3, -0.25) is 9.59 Å². The second-order valence-electron chi connectivity index (χ2n) is 5.38. The lowest BCUT2D eigenvalue weighted by atomic mass is 10.1. The monoisotopic (exact) mass is 352 g/mol. The Morgan fingerprint density at radius 2 is 1.86 bits per heavy atom. The first kappa shape index (κ1) is 16.0. The van der Waals surface area contributed by atoms with Crippen LogP contribution in [0, 0.1) is 0 Å². The van der Waals surface area contributed by atoms with E-state index in [2.05, 4.69) is 21.2 Å². The molecule has 0 saturated carbocycles. The molecule has 114 valence electrons. The van der Waals surface area contributed by atoms with Gasteiger partial charge in [0.15, 0.2) is 0 Å². The Hall–Kier alpha value is -1.36. The van der Waals surface area contributed by atoms with E-state index in [9.17, 15) is 9.59 Å². The fourth-order valence-electron chi connectivity index (χ4n) is 2.50. The van der Waals surface area contributed by atoms with Crippen molar-refractivity contribution >= 4 is 27.7 Å². The average molecular weight is 353 g/mol. The first-order valence-electron chi connectivity index (χ1n) is 7.44. The Balaban J connectivity index is 1.76. The van der Waals surface area contributed by atoms with Gasteiger partial charge in [0, 0.05) is 17.6 Å². The van der Waals surface area contributed by atoms with Crippen molar-refractivity contribution in [2.24, 2.45) is 0 Å². The van der Waals surface area contributed by atoms with Crippen LogP contribution >= 0.6 is 15.9 Å². The van der Waals surface area contributed by atoms with E-state index in [0.717, 1.165) is 36.0 Å². The van der Waals surface area contributed by atoms with Gasteiger partial charge in [-0.1, -0.05) is 40.9 Å². The molecule has 1 aliphatic heterocycles. The van der Waals surface area contributed by atoms with Crippen LogP contribution in [0.15, 0.2) is 28.7 Å². The topological polar surface area (TPSA) is 49.4 Å². The molecule has 21 heavy (non-hydrogen) atoms. The highest BCUT2D eigenvalue weighted by molar-refractivity contribution is 9.10. The van der Waals surface area contributed by atoms with E-state index in [-0.39, 0.29) is 18.4 Å². The number of likely N-dealkylation sites (tertiary alicyclic amines) is 1. The zero-order chi connectivity index (χ0) is 15.1. The molecule has 0 aromatic heterocycles. The van der Waals surface area contributed by atoms with Crippen molar-refractivity contribution in [2.75, 3.05) is 19.6 Å². The van der Waals surface area contributed by atoms with Crippen LogP contribution in [0.25, 0.3) is 0 Å². The molecule has 0 unspecified atom stereocenters. The van der Waals surface area contributed by atoms with Crippen LogP contribution in [-0.2, 0) is 16.0 Å². The number of carbonyl (C=O) groups is 2. The Bertz CT molecular complexity index is 497. The van der Waals surface area contributed by atoms with Crippen molar-refractivity contribution in [3.63, 3.8) is 0 Å². The maximum absolute atomic E-state index is 12.1. The van der Waals surface area contributed by atoms with Gasteiger partial charge in [-0.15, -0.1) is 0 Å². The second-order valence-corrected chi connectivity index (χ2v) is 6.29. The third-order valence-electron chi connectivity index (χ3n) is 3.65. The molecule has 2 rings (SSSR count). The molecule has 0 atom stereocenters. The molecule has 0 spiro atoms. The first-order valence-corrected chi connectivity index (χ1v) is 8.23. The maximum Gasteiger partial charge on any atom is 0.241 e. The van der Waals surface area contributed by atoms with Gasteiger partial charge < -0.3 is 10.2 Å². The van der Waals surface area contributed by atoms with Crippen molar-refractivity contribution < 1.29 is 9.59 Å². The molecule has 1 heterocycles. The summed E-state index contributed by atoms with van der Waals surface area (Å²) in [4.78, 5) is 25.8. The number of hydrogen-bond acceptors (Lipinski definition) is 2. The van der Waals surface area contributed by atoms with Gasteiger partial charge in [0.05, 0.1) is 13.0 Å². The summed E-state index contributed by atoms with van der Waals surface area (Å²) in [6, 6.07) is 7.64. The predicted molar refractivity (Wildman–Crippen MR) is 85.9 cm³/mol. The number of benzene rings is 1. The molecule has 1 aromatic carbocycles. The second kappa shape index (κ2) is 8.17.